The van der Waals surface area contributed by atoms with Crippen LogP contribution in [-0.2, 0) is 37.7 Å². The number of carbonyl (C=O) groups is 3. The summed E-state index contributed by atoms with van der Waals surface area (Å²) in [6.45, 7) is 10.7. The molecule has 2 aromatic rings. The summed E-state index contributed by atoms with van der Waals surface area (Å²) < 4.78 is 89.8. The van der Waals surface area contributed by atoms with Crippen LogP contribution in [0.4, 0.5) is 26.3 Å². The van der Waals surface area contributed by atoms with Gasteiger partial charge in [-0.05, 0) is 105 Å². The van der Waals surface area contributed by atoms with Crippen LogP contribution in [0.15, 0.2) is 47.4 Å². The van der Waals surface area contributed by atoms with Gasteiger partial charge in [0, 0.05) is 12.0 Å². The zero-order chi connectivity index (χ0) is 37.2. The number of sulfone groups is 1. The van der Waals surface area contributed by atoms with Gasteiger partial charge in [-0.2, -0.15) is 26.3 Å². The number of hydrogen-bond acceptors (Lipinski definition) is 7. The van der Waals surface area contributed by atoms with Gasteiger partial charge in [0.1, 0.15) is 0 Å². The number of carbonyl (C=O) groups excluding carboxylic acids is 1. The van der Waals surface area contributed by atoms with E-state index in [0.29, 0.717) is 24.2 Å². The zero-order valence-electron chi connectivity index (χ0n) is 27.5. The van der Waals surface area contributed by atoms with Gasteiger partial charge >= 0.3 is 24.3 Å². The molecule has 4 rings (SSSR count). The lowest BCUT2D eigenvalue weighted by Gasteiger charge is -2.31. The van der Waals surface area contributed by atoms with Crippen molar-refractivity contribution in [2.45, 2.75) is 87.2 Å². The van der Waals surface area contributed by atoms with Crippen molar-refractivity contribution in [1.29, 1.82) is 0 Å². The lowest BCUT2D eigenvalue weighted by molar-refractivity contribution is -0.193. The first-order valence-corrected chi connectivity index (χ1v) is 17.1. The molecule has 0 aliphatic carbocycles. The molecule has 0 atom stereocenters. The van der Waals surface area contributed by atoms with Gasteiger partial charge in [-0.3, -0.25) is 4.79 Å². The molecule has 0 aromatic heterocycles. The quantitative estimate of drug-likeness (QED) is 0.237. The fourth-order valence-corrected chi connectivity index (χ4v) is 6.97. The Morgan fingerprint density at radius 2 is 1.31 bits per heavy atom. The number of fused-ring (bicyclic) bond motifs is 1. The molecule has 2 aliphatic rings. The van der Waals surface area contributed by atoms with Gasteiger partial charge in [0.15, 0.2) is 15.6 Å². The molecular formula is C33H42F6N2O7S. The number of likely N-dealkylation sites (tertiary alicyclic amines) is 1. The number of hydrogen-bond donors (Lipinski definition) is 3. The monoisotopic (exact) mass is 724 g/mol. The van der Waals surface area contributed by atoms with Crippen LogP contribution >= 0.6 is 0 Å². The number of halogens is 6. The summed E-state index contributed by atoms with van der Waals surface area (Å²) in [6.07, 6.45) is -5.52. The Morgan fingerprint density at radius 3 is 1.78 bits per heavy atom. The molecule has 0 bridgehead atoms. The van der Waals surface area contributed by atoms with E-state index in [4.69, 9.17) is 19.8 Å². The number of Topliss-reactive ketones (excluding diaryl/α,β-unsaturated/α-hetero) is 1. The molecule has 2 heterocycles. The Labute approximate surface area is 281 Å². The van der Waals surface area contributed by atoms with E-state index in [1.54, 1.807) is 12.1 Å². The van der Waals surface area contributed by atoms with Gasteiger partial charge in [-0.25, -0.2) is 18.0 Å². The van der Waals surface area contributed by atoms with Crippen molar-refractivity contribution < 1.29 is 59.4 Å². The molecule has 274 valence electrons. The Bertz CT molecular complexity index is 1500. The van der Waals surface area contributed by atoms with Crippen molar-refractivity contribution >= 4 is 27.6 Å². The number of nitrogens with one attached hydrogen (secondary N) is 1. The maximum atomic E-state index is 13.2. The highest BCUT2D eigenvalue weighted by Crippen LogP contribution is 2.28. The number of alkyl halides is 6. The van der Waals surface area contributed by atoms with E-state index < -0.39 is 34.1 Å². The Hall–Kier alpha value is -3.50. The summed E-state index contributed by atoms with van der Waals surface area (Å²) in [5, 5.41) is 17.3. The predicted molar refractivity (Wildman–Crippen MR) is 169 cm³/mol. The standard InChI is InChI=1S/C29H40N2O3S.2C2HF3O2/c1-29(2,3)25-8-10-26(11-9-25)35(33,34)27-14-19-31(20-15-27)18-4-5-28(32)24-7-6-22-12-16-30-17-13-23(22)21-24;2*3-2(4,5)1(6)7/h6-11,21,27,30H,4-5,12-20H2,1-3H3;2*(H,6,7). The molecule has 2 aromatic carbocycles. The lowest BCUT2D eigenvalue weighted by Crippen LogP contribution is -2.39. The second kappa shape index (κ2) is 17.4. The SMILES string of the molecule is CC(C)(C)c1ccc(S(=O)(=O)C2CCN(CCCC(=O)c3ccc4c(c3)CCNCC4)CC2)cc1.O=C(O)C(F)(F)F.O=C(O)C(F)(F)F. The third-order valence-electron chi connectivity index (χ3n) is 8.06. The smallest absolute Gasteiger partial charge is 0.475 e. The maximum absolute atomic E-state index is 13.2. The molecule has 0 spiro atoms. The lowest BCUT2D eigenvalue weighted by atomic mass is 9.87. The number of carboxylic acid groups (broad SMARTS) is 2. The van der Waals surface area contributed by atoms with Gasteiger partial charge in [-0.1, -0.05) is 45.0 Å². The Morgan fingerprint density at radius 1 is 0.816 bits per heavy atom. The molecule has 0 unspecified atom stereocenters. The predicted octanol–water partition coefficient (Wildman–Crippen LogP) is 5.84. The molecule has 0 amide bonds. The third kappa shape index (κ3) is 13.4. The van der Waals surface area contributed by atoms with Gasteiger partial charge in [-0.15, -0.1) is 0 Å². The Kier molecular flexibility index (Phi) is 14.8. The fourth-order valence-electron chi connectivity index (χ4n) is 5.23. The average Bonchev–Trinajstić information content (AvgIpc) is 3.26. The highest BCUT2D eigenvalue weighted by atomic mass is 32.2. The summed E-state index contributed by atoms with van der Waals surface area (Å²) in [6, 6.07) is 13.6. The molecule has 1 fully saturated rings. The van der Waals surface area contributed by atoms with Gasteiger partial charge < -0.3 is 20.4 Å². The van der Waals surface area contributed by atoms with E-state index in [0.717, 1.165) is 63.1 Å². The van der Waals surface area contributed by atoms with E-state index in [9.17, 15) is 39.6 Å². The zero-order valence-corrected chi connectivity index (χ0v) is 28.3. The number of ketones is 1. The molecule has 49 heavy (non-hydrogen) atoms. The molecular weight excluding hydrogens is 682 g/mol. The highest BCUT2D eigenvalue weighted by molar-refractivity contribution is 7.92. The molecule has 16 heteroatoms. The first kappa shape index (κ1) is 41.7. The minimum absolute atomic E-state index is 0.00573. The number of aliphatic carboxylic acids is 2. The maximum Gasteiger partial charge on any atom is 0.490 e. The summed E-state index contributed by atoms with van der Waals surface area (Å²) in [4.78, 5) is 33.3. The molecule has 1 saturated heterocycles. The molecule has 3 N–H and O–H groups in total. The van der Waals surface area contributed by atoms with Gasteiger partial charge in [0.2, 0.25) is 0 Å². The van der Waals surface area contributed by atoms with Crippen LogP contribution < -0.4 is 5.32 Å². The van der Waals surface area contributed by atoms with Crippen LogP contribution in [0.3, 0.4) is 0 Å². The van der Waals surface area contributed by atoms with Crippen LogP contribution in [0.1, 0.15) is 73.5 Å². The summed E-state index contributed by atoms with van der Waals surface area (Å²) in [5.41, 5.74) is 4.63. The Balaban J connectivity index is 0.000000500. The first-order valence-electron chi connectivity index (χ1n) is 15.6. The second-order valence-electron chi connectivity index (χ2n) is 12.7. The van der Waals surface area contributed by atoms with E-state index >= 15 is 0 Å². The third-order valence-corrected chi connectivity index (χ3v) is 10.3. The minimum atomic E-state index is -5.08. The summed E-state index contributed by atoms with van der Waals surface area (Å²) in [5.74, 6) is -5.30. The normalized spacial score (nSPS) is 16.2. The highest BCUT2D eigenvalue weighted by Gasteiger charge is 2.39. The average molecular weight is 725 g/mol. The second-order valence-corrected chi connectivity index (χ2v) is 15.0. The van der Waals surface area contributed by atoms with Gasteiger partial charge in [0.05, 0.1) is 10.1 Å². The van der Waals surface area contributed by atoms with Crippen LogP contribution in [-0.4, -0.2) is 91.6 Å². The van der Waals surface area contributed by atoms with Crippen molar-refractivity contribution in [1.82, 2.24) is 10.2 Å². The van der Waals surface area contributed by atoms with E-state index in [-0.39, 0.29) is 16.4 Å². The topological polar surface area (TPSA) is 141 Å². The van der Waals surface area contributed by atoms with E-state index in [1.165, 1.54) is 11.1 Å². The molecule has 0 saturated carbocycles. The van der Waals surface area contributed by atoms with Gasteiger partial charge in [0.25, 0.3) is 0 Å². The molecule has 2 aliphatic heterocycles. The van der Waals surface area contributed by atoms with E-state index in [2.05, 4.69) is 43.1 Å². The summed E-state index contributed by atoms with van der Waals surface area (Å²) in [7, 11) is -3.31. The van der Waals surface area contributed by atoms with Crippen molar-refractivity contribution in [3.63, 3.8) is 0 Å². The van der Waals surface area contributed by atoms with E-state index in [1.807, 2.05) is 18.2 Å². The number of benzene rings is 2. The van der Waals surface area contributed by atoms with Crippen LogP contribution in [0, 0.1) is 0 Å². The number of nitrogens with zero attached hydrogens (tertiary/aromatic N) is 1. The minimum Gasteiger partial charge on any atom is -0.475 e. The summed E-state index contributed by atoms with van der Waals surface area (Å²) >= 11 is 0. The largest absolute Gasteiger partial charge is 0.490 e. The molecule has 0 radical (unpaired) electrons. The van der Waals surface area contributed by atoms with Crippen LogP contribution in [0.5, 0.6) is 0 Å². The number of piperidine rings is 1. The molecule has 9 nitrogen and oxygen atoms in total. The van der Waals surface area contributed by atoms with Crippen molar-refractivity contribution in [3.8, 4) is 0 Å². The van der Waals surface area contributed by atoms with Crippen molar-refractivity contribution in [3.05, 3.63) is 64.7 Å². The number of carboxylic acids is 2. The van der Waals surface area contributed by atoms with Crippen LogP contribution in [0.2, 0.25) is 0 Å². The van der Waals surface area contributed by atoms with Crippen molar-refractivity contribution in [2.75, 3.05) is 32.7 Å². The number of rotatable bonds is 7. The van der Waals surface area contributed by atoms with Crippen LogP contribution in [0.25, 0.3) is 0 Å². The fraction of sp³-hybridized carbons (Fsp3) is 0.545. The first-order chi connectivity index (χ1) is 22.5. The van der Waals surface area contributed by atoms with Crippen molar-refractivity contribution in [2.24, 2.45) is 0 Å².